The van der Waals surface area contributed by atoms with Gasteiger partial charge in [0.25, 0.3) is 0 Å². The maximum absolute atomic E-state index is 12.8. The van der Waals surface area contributed by atoms with Crippen molar-refractivity contribution in [3.63, 3.8) is 0 Å². The van der Waals surface area contributed by atoms with Gasteiger partial charge in [0.1, 0.15) is 16.8 Å². The van der Waals surface area contributed by atoms with Crippen LogP contribution in [0.4, 0.5) is 5.13 Å². The van der Waals surface area contributed by atoms with Gasteiger partial charge in [0.05, 0.1) is 23.6 Å². The first kappa shape index (κ1) is 23.3. The van der Waals surface area contributed by atoms with Gasteiger partial charge in [-0.2, -0.15) is 5.26 Å². The molecule has 1 amide bonds. The zero-order chi connectivity index (χ0) is 23.2. The largest absolute Gasteiger partial charge is 0.497 e. The molecule has 8 heteroatoms. The van der Waals surface area contributed by atoms with Crippen molar-refractivity contribution in [2.45, 2.75) is 55.7 Å². The Morgan fingerprint density at radius 2 is 1.94 bits per heavy atom. The van der Waals surface area contributed by atoms with Crippen LogP contribution in [0, 0.1) is 11.3 Å². The monoisotopic (exact) mass is 478 g/mol. The Balaban J connectivity index is 1.44. The number of hydrogen-bond acceptors (Lipinski definition) is 7. The van der Waals surface area contributed by atoms with E-state index in [-0.39, 0.29) is 5.91 Å². The van der Waals surface area contributed by atoms with Gasteiger partial charge in [0, 0.05) is 16.6 Å². The number of anilines is 1. The molecule has 0 saturated heterocycles. The molecule has 0 aliphatic heterocycles. The van der Waals surface area contributed by atoms with E-state index in [4.69, 9.17) is 9.72 Å². The number of nitrogens with zero attached hydrogens (tertiary/aromatic N) is 3. The van der Waals surface area contributed by atoms with E-state index in [9.17, 15) is 10.1 Å². The Hall–Kier alpha value is -2.89. The first-order valence-electron chi connectivity index (χ1n) is 11.1. The van der Waals surface area contributed by atoms with Crippen molar-refractivity contribution < 1.29 is 9.53 Å². The number of thiazole rings is 1. The van der Waals surface area contributed by atoms with Crippen molar-refractivity contribution in [2.24, 2.45) is 0 Å². The number of nitrogens with one attached hydrogen (secondary N) is 1. The number of pyridine rings is 1. The van der Waals surface area contributed by atoms with Crippen molar-refractivity contribution in [3.8, 4) is 23.1 Å². The Kier molecular flexibility index (Phi) is 7.63. The summed E-state index contributed by atoms with van der Waals surface area (Å²) < 4.78 is 5.19. The van der Waals surface area contributed by atoms with E-state index in [2.05, 4.69) is 16.4 Å². The smallest absolute Gasteiger partial charge is 0.239 e. The van der Waals surface area contributed by atoms with Crippen LogP contribution >= 0.6 is 23.1 Å². The first-order valence-corrected chi connectivity index (χ1v) is 12.8. The van der Waals surface area contributed by atoms with E-state index in [1.54, 1.807) is 7.11 Å². The Labute approximate surface area is 202 Å². The predicted octanol–water partition coefficient (Wildman–Crippen LogP) is 5.86. The molecule has 1 unspecified atom stereocenters. The van der Waals surface area contributed by atoms with Gasteiger partial charge in [-0.1, -0.05) is 24.6 Å². The molecule has 170 valence electrons. The van der Waals surface area contributed by atoms with E-state index in [1.807, 2.05) is 42.6 Å². The minimum Gasteiger partial charge on any atom is -0.497 e. The predicted molar refractivity (Wildman–Crippen MR) is 133 cm³/mol. The Bertz CT molecular complexity index is 1170. The van der Waals surface area contributed by atoms with Crippen LogP contribution in [0.25, 0.3) is 11.3 Å². The van der Waals surface area contributed by atoms with E-state index in [1.165, 1.54) is 41.5 Å². The van der Waals surface area contributed by atoms with Crippen molar-refractivity contribution in [2.75, 3.05) is 12.4 Å². The maximum atomic E-state index is 12.8. The molecule has 33 heavy (non-hydrogen) atoms. The molecule has 0 saturated carbocycles. The molecule has 1 aliphatic carbocycles. The van der Waals surface area contributed by atoms with Gasteiger partial charge in [-0.25, -0.2) is 9.97 Å². The standard InChI is InChI=1S/C25H26N4O2S2/c1-16(33-24-19(14-26)13-18-7-5-3-4-6-8-21(18)27-24)23(30)29-25-28-22(15-32-25)17-9-11-20(31-2)12-10-17/h9-13,15-16H,3-8H2,1-2H3,(H,28,29,30). The second-order valence-corrected chi connectivity index (χ2v) is 10.2. The third-order valence-electron chi connectivity index (χ3n) is 5.66. The number of carbonyl (C=O) groups excluding carboxylic acids is 1. The van der Waals surface area contributed by atoms with Crippen molar-refractivity contribution in [1.82, 2.24) is 9.97 Å². The fraction of sp³-hybridized carbons (Fsp3) is 0.360. The lowest BCUT2D eigenvalue weighted by molar-refractivity contribution is -0.115. The van der Waals surface area contributed by atoms with Gasteiger partial charge in [-0.15, -0.1) is 11.3 Å². The van der Waals surface area contributed by atoms with Crippen LogP contribution in [0.15, 0.2) is 40.7 Å². The molecule has 2 heterocycles. The van der Waals surface area contributed by atoms with Gasteiger partial charge < -0.3 is 10.1 Å². The minimum atomic E-state index is -0.412. The number of hydrogen-bond donors (Lipinski definition) is 1. The van der Waals surface area contributed by atoms with Crippen LogP contribution in [0.1, 0.15) is 49.4 Å². The van der Waals surface area contributed by atoms with E-state index >= 15 is 0 Å². The topological polar surface area (TPSA) is 87.9 Å². The fourth-order valence-electron chi connectivity index (χ4n) is 3.79. The SMILES string of the molecule is COc1ccc(-c2csc(NC(=O)C(C)Sc3nc4c(cc3C#N)CCCCCC4)n2)cc1. The molecular formula is C25H26N4O2S2. The number of benzene rings is 1. The number of thioether (sulfide) groups is 1. The van der Waals surface area contributed by atoms with Crippen molar-refractivity contribution >= 4 is 34.1 Å². The van der Waals surface area contributed by atoms with Crippen molar-refractivity contribution in [1.29, 1.82) is 5.26 Å². The molecule has 1 aromatic carbocycles. The van der Waals surface area contributed by atoms with E-state index < -0.39 is 5.25 Å². The third kappa shape index (κ3) is 5.73. The number of aromatic nitrogens is 2. The molecule has 1 atom stereocenters. The molecule has 1 aliphatic rings. The third-order valence-corrected chi connectivity index (χ3v) is 7.52. The normalized spacial score (nSPS) is 14.3. The van der Waals surface area contributed by atoms with Crippen LogP contribution in [0.3, 0.4) is 0 Å². The Morgan fingerprint density at radius 1 is 1.18 bits per heavy atom. The van der Waals surface area contributed by atoms with Gasteiger partial charge >= 0.3 is 0 Å². The summed E-state index contributed by atoms with van der Waals surface area (Å²) in [6, 6.07) is 11.9. The zero-order valence-corrected chi connectivity index (χ0v) is 20.4. The first-order chi connectivity index (χ1) is 16.1. The summed E-state index contributed by atoms with van der Waals surface area (Å²) in [5.41, 5.74) is 4.57. The number of rotatable bonds is 6. The van der Waals surface area contributed by atoms with Gasteiger partial charge in [0.2, 0.25) is 5.91 Å². The van der Waals surface area contributed by atoms with Crippen LogP contribution < -0.4 is 10.1 Å². The quantitative estimate of drug-likeness (QED) is 0.446. The fourth-order valence-corrected chi connectivity index (χ4v) is 5.41. The molecule has 3 aromatic rings. The number of nitriles is 1. The highest BCUT2D eigenvalue weighted by Crippen LogP contribution is 2.31. The summed E-state index contributed by atoms with van der Waals surface area (Å²) in [6.07, 6.45) is 6.60. The highest BCUT2D eigenvalue weighted by Gasteiger charge is 2.21. The summed E-state index contributed by atoms with van der Waals surface area (Å²) in [5.74, 6) is 0.625. The Morgan fingerprint density at radius 3 is 2.67 bits per heavy atom. The average molecular weight is 479 g/mol. The zero-order valence-electron chi connectivity index (χ0n) is 18.8. The molecule has 0 radical (unpaired) electrons. The summed E-state index contributed by atoms with van der Waals surface area (Å²) in [4.78, 5) is 22.2. The number of carbonyl (C=O) groups is 1. The van der Waals surface area contributed by atoms with Crippen molar-refractivity contribution in [3.05, 3.63) is 52.5 Å². The second-order valence-electron chi connectivity index (χ2n) is 7.99. The molecule has 2 aromatic heterocycles. The number of methoxy groups -OCH3 is 1. The molecule has 6 nitrogen and oxygen atoms in total. The van der Waals surface area contributed by atoms with Gasteiger partial charge in [0.15, 0.2) is 5.13 Å². The number of fused-ring (bicyclic) bond motifs is 1. The van der Waals surface area contributed by atoms with E-state index in [0.29, 0.717) is 15.7 Å². The summed E-state index contributed by atoms with van der Waals surface area (Å²) in [5, 5.41) is 15.2. The van der Waals surface area contributed by atoms with E-state index in [0.717, 1.165) is 48.4 Å². The molecule has 0 fully saturated rings. The molecule has 0 spiro atoms. The number of ether oxygens (including phenoxy) is 1. The molecular weight excluding hydrogens is 452 g/mol. The number of aryl methyl sites for hydroxylation is 2. The van der Waals surface area contributed by atoms with Crippen LogP contribution in [0.2, 0.25) is 0 Å². The minimum absolute atomic E-state index is 0.159. The molecule has 0 bridgehead atoms. The lowest BCUT2D eigenvalue weighted by Crippen LogP contribution is -2.22. The highest BCUT2D eigenvalue weighted by atomic mass is 32.2. The second kappa shape index (κ2) is 10.8. The lowest BCUT2D eigenvalue weighted by atomic mass is 9.96. The lowest BCUT2D eigenvalue weighted by Gasteiger charge is -2.16. The molecule has 4 rings (SSSR count). The summed E-state index contributed by atoms with van der Waals surface area (Å²) in [6.45, 7) is 1.83. The summed E-state index contributed by atoms with van der Waals surface area (Å²) in [7, 11) is 1.63. The summed E-state index contributed by atoms with van der Waals surface area (Å²) >= 11 is 2.72. The average Bonchev–Trinajstić information content (AvgIpc) is 3.28. The van der Waals surface area contributed by atoms with Gasteiger partial charge in [-0.3, -0.25) is 4.79 Å². The molecule has 1 N–H and O–H groups in total. The van der Waals surface area contributed by atoms with Crippen LogP contribution in [0.5, 0.6) is 5.75 Å². The van der Waals surface area contributed by atoms with Crippen LogP contribution in [-0.2, 0) is 17.6 Å². The number of amides is 1. The highest BCUT2D eigenvalue weighted by molar-refractivity contribution is 8.00. The maximum Gasteiger partial charge on any atom is 0.239 e. The van der Waals surface area contributed by atoms with Gasteiger partial charge in [-0.05, 0) is 68.5 Å². The van der Waals surface area contributed by atoms with Crippen LogP contribution in [-0.4, -0.2) is 28.2 Å².